The molecule has 2 nitrogen and oxygen atoms in total. The van der Waals surface area contributed by atoms with Crippen molar-refractivity contribution in [2.45, 2.75) is 18.9 Å². The maximum absolute atomic E-state index is 13.5. The van der Waals surface area contributed by atoms with Crippen LogP contribution in [0.2, 0.25) is 0 Å². The van der Waals surface area contributed by atoms with E-state index in [2.05, 4.69) is 5.32 Å². The summed E-state index contributed by atoms with van der Waals surface area (Å²) >= 11 is 0. The predicted octanol–water partition coefficient (Wildman–Crippen LogP) is 2.00. The molecule has 2 N–H and O–H groups in total. The zero-order chi connectivity index (χ0) is 11.5. The molecule has 2 atom stereocenters. The lowest BCUT2D eigenvalue weighted by Gasteiger charge is -2.29. The smallest absolute Gasteiger partial charge is 0.128 e. The van der Waals surface area contributed by atoms with Crippen molar-refractivity contribution in [1.29, 1.82) is 0 Å². The summed E-state index contributed by atoms with van der Waals surface area (Å²) in [5, 5.41) is 12.1. The number of hydrogen-bond acceptors (Lipinski definition) is 2. The van der Waals surface area contributed by atoms with Gasteiger partial charge in [-0.3, -0.25) is 0 Å². The maximum atomic E-state index is 13.5. The first-order valence-corrected chi connectivity index (χ1v) is 5.50. The van der Waals surface area contributed by atoms with E-state index < -0.39 is 5.82 Å². The molecule has 1 aliphatic rings. The number of hydrogen-bond donors (Lipinski definition) is 2. The second-order valence-corrected chi connectivity index (χ2v) is 4.25. The first kappa shape index (κ1) is 11.5. The zero-order valence-corrected chi connectivity index (χ0v) is 8.92. The van der Waals surface area contributed by atoms with Gasteiger partial charge in [0, 0.05) is 24.8 Å². The third-order valence-corrected chi connectivity index (χ3v) is 3.11. The summed E-state index contributed by atoms with van der Waals surface area (Å²) in [6.45, 7) is 0.794. The fourth-order valence-electron chi connectivity index (χ4n) is 2.12. The Kier molecular flexibility index (Phi) is 3.51. The van der Waals surface area contributed by atoms with E-state index in [9.17, 15) is 8.78 Å². The number of piperidine rings is 1. The number of nitrogens with one attached hydrogen (secondary N) is 1. The monoisotopic (exact) mass is 227 g/mol. The van der Waals surface area contributed by atoms with Gasteiger partial charge in [0.1, 0.15) is 11.6 Å². The van der Waals surface area contributed by atoms with Crippen LogP contribution in [0.3, 0.4) is 0 Å². The molecule has 1 saturated heterocycles. The lowest BCUT2D eigenvalue weighted by atomic mass is 9.91. The van der Waals surface area contributed by atoms with E-state index in [1.165, 1.54) is 6.07 Å². The first-order chi connectivity index (χ1) is 7.70. The van der Waals surface area contributed by atoms with Crippen LogP contribution in [0, 0.1) is 17.6 Å². The largest absolute Gasteiger partial charge is 0.396 e. The van der Waals surface area contributed by atoms with Crippen molar-refractivity contribution in [2.24, 2.45) is 5.92 Å². The SMILES string of the molecule is OCC1CCC(c2cc(F)ccc2F)NC1. The topological polar surface area (TPSA) is 32.3 Å². The van der Waals surface area contributed by atoms with Crippen LogP contribution in [0.15, 0.2) is 18.2 Å². The van der Waals surface area contributed by atoms with Crippen molar-refractivity contribution in [3.63, 3.8) is 0 Å². The van der Waals surface area contributed by atoms with Crippen LogP contribution in [0.1, 0.15) is 24.4 Å². The summed E-state index contributed by atoms with van der Waals surface area (Å²) in [5.74, 6) is -0.559. The molecule has 0 radical (unpaired) electrons. The van der Waals surface area contributed by atoms with Crippen molar-refractivity contribution >= 4 is 0 Å². The van der Waals surface area contributed by atoms with Crippen LogP contribution in [0.4, 0.5) is 8.78 Å². The van der Waals surface area contributed by atoms with Crippen LogP contribution in [0.5, 0.6) is 0 Å². The molecule has 1 aliphatic heterocycles. The molecule has 0 bridgehead atoms. The summed E-state index contributed by atoms with van der Waals surface area (Å²) in [6.07, 6.45) is 1.57. The Morgan fingerprint density at radius 3 is 2.75 bits per heavy atom. The molecule has 1 aromatic rings. The number of halogens is 2. The minimum Gasteiger partial charge on any atom is -0.396 e. The fourth-order valence-corrected chi connectivity index (χ4v) is 2.12. The number of rotatable bonds is 2. The second kappa shape index (κ2) is 4.89. The molecule has 1 fully saturated rings. The normalized spacial score (nSPS) is 25.7. The molecule has 0 aliphatic carbocycles. The van der Waals surface area contributed by atoms with Crippen molar-refractivity contribution in [1.82, 2.24) is 5.32 Å². The second-order valence-electron chi connectivity index (χ2n) is 4.25. The average molecular weight is 227 g/mol. The third kappa shape index (κ3) is 2.39. The van der Waals surface area contributed by atoms with E-state index in [4.69, 9.17) is 5.11 Å². The highest BCUT2D eigenvalue weighted by Crippen LogP contribution is 2.27. The van der Waals surface area contributed by atoms with Gasteiger partial charge in [-0.05, 0) is 37.0 Å². The minimum atomic E-state index is -0.414. The van der Waals surface area contributed by atoms with E-state index in [0.717, 1.165) is 25.0 Å². The number of aliphatic hydroxyl groups excluding tert-OH is 1. The molecule has 2 rings (SSSR count). The molecule has 0 aromatic heterocycles. The van der Waals surface area contributed by atoms with E-state index in [-0.39, 0.29) is 24.4 Å². The molecular weight excluding hydrogens is 212 g/mol. The van der Waals surface area contributed by atoms with Crippen LogP contribution in [0.25, 0.3) is 0 Å². The Morgan fingerprint density at radius 1 is 1.31 bits per heavy atom. The van der Waals surface area contributed by atoms with E-state index >= 15 is 0 Å². The van der Waals surface area contributed by atoms with Crippen molar-refractivity contribution in [2.75, 3.05) is 13.2 Å². The Labute approximate surface area is 93.3 Å². The molecule has 4 heteroatoms. The summed E-state index contributed by atoms with van der Waals surface area (Å²) in [7, 11) is 0. The van der Waals surface area contributed by atoms with Crippen LogP contribution >= 0.6 is 0 Å². The van der Waals surface area contributed by atoms with E-state index in [0.29, 0.717) is 12.1 Å². The number of benzene rings is 1. The molecule has 0 amide bonds. The summed E-state index contributed by atoms with van der Waals surface area (Å²) in [4.78, 5) is 0. The highest BCUT2D eigenvalue weighted by Gasteiger charge is 2.23. The molecule has 1 heterocycles. The summed E-state index contributed by atoms with van der Waals surface area (Å²) in [6, 6.07) is 3.38. The first-order valence-electron chi connectivity index (χ1n) is 5.50. The van der Waals surface area contributed by atoms with Crippen molar-refractivity contribution in [3.05, 3.63) is 35.4 Å². The van der Waals surface area contributed by atoms with Gasteiger partial charge in [0.2, 0.25) is 0 Å². The van der Waals surface area contributed by atoms with Crippen LogP contribution in [-0.4, -0.2) is 18.3 Å². The van der Waals surface area contributed by atoms with Gasteiger partial charge in [0.15, 0.2) is 0 Å². The lowest BCUT2D eigenvalue weighted by Crippen LogP contribution is -2.35. The Morgan fingerprint density at radius 2 is 2.12 bits per heavy atom. The zero-order valence-electron chi connectivity index (χ0n) is 8.92. The average Bonchev–Trinajstić information content (AvgIpc) is 2.32. The van der Waals surface area contributed by atoms with Gasteiger partial charge in [-0.2, -0.15) is 0 Å². The molecule has 0 spiro atoms. The van der Waals surface area contributed by atoms with Gasteiger partial charge in [-0.25, -0.2) is 8.78 Å². The third-order valence-electron chi connectivity index (χ3n) is 3.11. The standard InChI is InChI=1S/C12H15F2NO/c13-9-2-3-11(14)10(5-9)12-4-1-8(7-16)6-15-12/h2-3,5,8,12,15-16H,1,4,6-7H2. The highest BCUT2D eigenvalue weighted by molar-refractivity contribution is 5.22. The van der Waals surface area contributed by atoms with Crippen molar-refractivity contribution < 1.29 is 13.9 Å². The quantitative estimate of drug-likeness (QED) is 0.810. The fraction of sp³-hybridized carbons (Fsp3) is 0.500. The van der Waals surface area contributed by atoms with E-state index in [1.807, 2.05) is 0 Å². The van der Waals surface area contributed by atoms with Crippen molar-refractivity contribution in [3.8, 4) is 0 Å². The Bertz CT molecular complexity index is 362. The number of aliphatic hydroxyl groups is 1. The maximum Gasteiger partial charge on any atom is 0.128 e. The van der Waals surface area contributed by atoms with Gasteiger partial charge in [-0.15, -0.1) is 0 Å². The highest BCUT2D eigenvalue weighted by atomic mass is 19.1. The summed E-state index contributed by atoms with van der Waals surface area (Å²) in [5.41, 5.74) is 0.386. The Hall–Kier alpha value is -1.00. The minimum absolute atomic E-state index is 0.140. The predicted molar refractivity (Wildman–Crippen MR) is 56.9 cm³/mol. The van der Waals surface area contributed by atoms with Crippen LogP contribution in [-0.2, 0) is 0 Å². The Balaban J connectivity index is 2.10. The van der Waals surface area contributed by atoms with Gasteiger partial charge < -0.3 is 10.4 Å². The molecule has 88 valence electrons. The van der Waals surface area contributed by atoms with Gasteiger partial charge in [0.25, 0.3) is 0 Å². The van der Waals surface area contributed by atoms with E-state index in [1.54, 1.807) is 0 Å². The van der Waals surface area contributed by atoms with Gasteiger partial charge in [0.05, 0.1) is 0 Å². The van der Waals surface area contributed by atoms with Gasteiger partial charge in [-0.1, -0.05) is 0 Å². The van der Waals surface area contributed by atoms with Crippen LogP contribution < -0.4 is 5.32 Å². The lowest BCUT2D eigenvalue weighted by molar-refractivity contribution is 0.183. The molecule has 1 aromatic carbocycles. The molecule has 16 heavy (non-hydrogen) atoms. The molecule has 0 saturated carbocycles. The summed E-state index contributed by atoms with van der Waals surface area (Å²) < 4.78 is 26.5. The molecular formula is C12H15F2NO. The molecule has 2 unspecified atom stereocenters. The van der Waals surface area contributed by atoms with Gasteiger partial charge >= 0.3 is 0 Å².